The Hall–Kier alpha value is -1.57. The van der Waals surface area contributed by atoms with Gasteiger partial charge in [0.2, 0.25) is 0 Å². The van der Waals surface area contributed by atoms with Gasteiger partial charge in [-0.25, -0.2) is 0 Å². The minimum Gasteiger partial charge on any atom is -0.389 e. The summed E-state index contributed by atoms with van der Waals surface area (Å²) in [4.78, 5) is 2.35. The van der Waals surface area contributed by atoms with E-state index < -0.39 is 0 Å². The molecular formula is C18H27N5O2. The van der Waals surface area contributed by atoms with Gasteiger partial charge in [-0.05, 0) is 38.1 Å². The summed E-state index contributed by atoms with van der Waals surface area (Å²) < 4.78 is 7.32. The molecule has 4 rings (SSSR count). The fourth-order valence-corrected chi connectivity index (χ4v) is 3.83. The SMILES string of the molecule is CC(C)(C)c1ccc2nnc(C3CCN(C4COCC4O)CC3)n2n1. The number of rotatable bonds is 2. The summed E-state index contributed by atoms with van der Waals surface area (Å²) in [6, 6.07) is 4.19. The second-order valence-corrected chi connectivity index (χ2v) is 8.28. The normalized spacial score (nSPS) is 26.6. The second-order valence-electron chi connectivity index (χ2n) is 8.28. The maximum absolute atomic E-state index is 10.0. The van der Waals surface area contributed by atoms with Crippen molar-refractivity contribution in [3.8, 4) is 0 Å². The highest BCUT2D eigenvalue weighted by atomic mass is 16.5. The van der Waals surface area contributed by atoms with E-state index in [9.17, 15) is 5.11 Å². The van der Waals surface area contributed by atoms with Crippen LogP contribution in [0.1, 0.15) is 51.0 Å². The summed E-state index contributed by atoms with van der Waals surface area (Å²) >= 11 is 0. The lowest BCUT2D eigenvalue weighted by atomic mass is 9.92. The average Bonchev–Trinajstić information content (AvgIpc) is 3.19. The third-order valence-electron chi connectivity index (χ3n) is 5.44. The summed E-state index contributed by atoms with van der Waals surface area (Å²) in [5, 5.41) is 23.6. The van der Waals surface area contributed by atoms with Gasteiger partial charge in [-0.1, -0.05) is 20.8 Å². The number of likely N-dealkylation sites (tertiary alicyclic amines) is 1. The first kappa shape index (κ1) is 16.9. The molecule has 2 fully saturated rings. The van der Waals surface area contributed by atoms with Crippen molar-refractivity contribution in [2.45, 2.75) is 57.1 Å². The van der Waals surface area contributed by atoms with Gasteiger partial charge in [0.05, 0.1) is 31.1 Å². The highest BCUT2D eigenvalue weighted by Crippen LogP contribution is 2.30. The molecule has 25 heavy (non-hydrogen) atoms. The highest BCUT2D eigenvalue weighted by Gasteiger charge is 2.35. The predicted octanol–water partition coefficient (Wildman–Crippen LogP) is 1.36. The van der Waals surface area contributed by atoms with Gasteiger partial charge in [-0.15, -0.1) is 10.2 Å². The van der Waals surface area contributed by atoms with Gasteiger partial charge in [-0.2, -0.15) is 9.61 Å². The lowest BCUT2D eigenvalue weighted by Crippen LogP contribution is -2.46. The third kappa shape index (κ3) is 3.16. The maximum atomic E-state index is 10.0. The van der Waals surface area contributed by atoms with Crippen molar-refractivity contribution in [1.82, 2.24) is 24.7 Å². The lowest BCUT2D eigenvalue weighted by molar-refractivity contribution is 0.0655. The number of hydrogen-bond donors (Lipinski definition) is 1. The van der Waals surface area contributed by atoms with Crippen molar-refractivity contribution >= 4 is 5.65 Å². The van der Waals surface area contributed by atoms with Crippen molar-refractivity contribution in [1.29, 1.82) is 0 Å². The molecule has 2 aromatic rings. The fourth-order valence-electron chi connectivity index (χ4n) is 3.83. The van der Waals surface area contributed by atoms with Gasteiger partial charge in [0.1, 0.15) is 0 Å². The minimum atomic E-state index is -0.360. The van der Waals surface area contributed by atoms with Crippen LogP contribution in [0.2, 0.25) is 0 Å². The Labute approximate surface area is 148 Å². The predicted molar refractivity (Wildman–Crippen MR) is 93.6 cm³/mol. The Morgan fingerprint density at radius 1 is 1.12 bits per heavy atom. The quantitative estimate of drug-likeness (QED) is 0.886. The van der Waals surface area contributed by atoms with Crippen LogP contribution in [0, 0.1) is 0 Å². The number of fused-ring (bicyclic) bond motifs is 1. The number of ether oxygens (including phenoxy) is 1. The van der Waals surface area contributed by atoms with Crippen LogP contribution in [0.4, 0.5) is 0 Å². The molecule has 7 nitrogen and oxygen atoms in total. The molecule has 0 saturated carbocycles. The highest BCUT2D eigenvalue weighted by molar-refractivity contribution is 5.37. The van der Waals surface area contributed by atoms with E-state index in [0.29, 0.717) is 19.1 Å². The smallest absolute Gasteiger partial charge is 0.177 e. The van der Waals surface area contributed by atoms with E-state index in [2.05, 4.69) is 35.9 Å². The molecule has 2 atom stereocenters. The van der Waals surface area contributed by atoms with E-state index in [0.717, 1.165) is 43.1 Å². The summed E-state index contributed by atoms with van der Waals surface area (Å²) in [7, 11) is 0. The molecule has 2 aliphatic heterocycles. The Morgan fingerprint density at radius 3 is 2.52 bits per heavy atom. The van der Waals surface area contributed by atoms with Gasteiger partial charge < -0.3 is 9.84 Å². The molecule has 2 saturated heterocycles. The molecule has 0 radical (unpaired) electrons. The number of aliphatic hydroxyl groups excluding tert-OH is 1. The van der Waals surface area contributed by atoms with Crippen LogP contribution < -0.4 is 0 Å². The lowest BCUT2D eigenvalue weighted by Gasteiger charge is -2.35. The van der Waals surface area contributed by atoms with Crippen molar-refractivity contribution in [2.24, 2.45) is 0 Å². The zero-order chi connectivity index (χ0) is 17.6. The summed E-state index contributed by atoms with van der Waals surface area (Å²) in [6.45, 7) is 9.48. The molecule has 0 spiro atoms. The van der Waals surface area contributed by atoms with Crippen molar-refractivity contribution in [2.75, 3.05) is 26.3 Å². The molecule has 2 aromatic heterocycles. The Balaban J connectivity index is 1.53. The van der Waals surface area contributed by atoms with Crippen molar-refractivity contribution < 1.29 is 9.84 Å². The van der Waals surface area contributed by atoms with Gasteiger partial charge in [0, 0.05) is 11.3 Å². The molecule has 1 N–H and O–H groups in total. The van der Waals surface area contributed by atoms with Crippen LogP contribution in [-0.2, 0) is 10.2 Å². The van der Waals surface area contributed by atoms with Gasteiger partial charge in [0.15, 0.2) is 11.5 Å². The van der Waals surface area contributed by atoms with Crippen LogP contribution in [0.3, 0.4) is 0 Å². The molecule has 2 aliphatic rings. The van der Waals surface area contributed by atoms with Crippen LogP contribution >= 0.6 is 0 Å². The Bertz CT molecular complexity index is 745. The standard InChI is InChI=1S/C18H27N5O2/c1-18(2,3)15-4-5-16-19-20-17(23(16)21-15)12-6-8-22(9-7-12)13-10-25-11-14(13)24/h4-5,12-14,24H,6-11H2,1-3H3. The number of hydrogen-bond acceptors (Lipinski definition) is 6. The molecular weight excluding hydrogens is 318 g/mol. The molecule has 0 aliphatic carbocycles. The molecule has 0 bridgehead atoms. The maximum Gasteiger partial charge on any atom is 0.177 e. The fraction of sp³-hybridized carbons (Fsp3) is 0.722. The second kappa shape index (κ2) is 6.30. The largest absolute Gasteiger partial charge is 0.389 e. The van der Waals surface area contributed by atoms with E-state index in [1.54, 1.807) is 0 Å². The molecule has 136 valence electrons. The van der Waals surface area contributed by atoms with E-state index >= 15 is 0 Å². The third-order valence-corrected chi connectivity index (χ3v) is 5.44. The zero-order valence-electron chi connectivity index (χ0n) is 15.2. The molecule has 0 amide bonds. The van der Waals surface area contributed by atoms with Crippen molar-refractivity contribution in [3.63, 3.8) is 0 Å². The summed E-state index contributed by atoms with van der Waals surface area (Å²) in [6.07, 6.45) is 1.65. The molecule has 4 heterocycles. The average molecular weight is 345 g/mol. The molecule has 0 aromatic carbocycles. The van der Waals surface area contributed by atoms with E-state index in [4.69, 9.17) is 9.84 Å². The summed E-state index contributed by atoms with van der Waals surface area (Å²) in [5.41, 5.74) is 1.85. The first-order valence-electron chi connectivity index (χ1n) is 9.16. The van der Waals surface area contributed by atoms with Gasteiger partial charge in [-0.3, -0.25) is 4.90 Å². The number of aromatic nitrogens is 4. The van der Waals surface area contributed by atoms with E-state index in [1.165, 1.54) is 0 Å². The minimum absolute atomic E-state index is 0.00228. The zero-order valence-corrected chi connectivity index (χ0v) is 15.2. The topological polar surface area (TPSA) is 75.8 Å². The van der Waals surface area contributed by atoms with Crippen LogP contribution in [0.15, 0.2) is 12.1 Å². The first-order valence-corrected chi connectivity index (χ1v) is 9.16. The molecule has 7 heteroatoms. The molecule has 2 unspecified atom stereocenters. The van der Waals surface area contributed by atoms with Gasteiger partial charge >= 0.3 is 0 Å². The van der Waals surface area contributed by atoms with Crippen LogP contribution in [0.25, 0.3) is 5.65 Å². The number of aliphatic hydroxyl groups is 1. The number of piperidine rings is 1. The Kier molecular flexibility index (Phi) is 4.25. The first-order chi connectivity index (χ1) is 11.9. The Morgan fingerprint density at radius 2 is 1.88 bits per heavy atom. The van der Waals surface area contributed by atoms with E-state index in [1.807, 2.05) is 16.6 Å². The monoisotopic (exact) mass is 345 g/mol. The van der Waals surface area contributed by atoms with Crippen LogP contribution in [-0.4, -0.2) is 68.3 Å². The van der Waals surface area contributed by atoms with Gasteiger partial charge in [0.25, 0.3) is 0 Å². The van der Waals surface area contributed by atoms with Crippen molar-refractivity contribution in [3.05, 3.63) is 23.7 Å². The van der Waals surface area contributed by atoms with Crippen LogP contribution in [0.5, 0.6) is 0 Å². The number of nitrogens with zero attached hydrogens (tertiary/aromatic N) is 5. The van der Waals surface area contributed by atoms with E-state index in [-0.39, 0.29) is 17.6 Å². The summed E-state index contributed by atoms with van der Waals surface area (Å²) in [5.74, 6) is 1.32.